The third kappa shape index (κ3) is 3.18. The molecule has 0 bridgehead atoms. The van der Waals surface area contributed by atoms with Crippen LogP contribution in [0, 0.1) is 5.92 Å². The number of morpholine rings is 1. The molecule has 0 N–H and O–H groups in total. The van der Waals surface area contributed by atoms with E-state index >= 15 is 0 Å². The highest BCUT2D eigenvalue weighted by atomic mass is 32.1. The Kier molecular flexibility index (Phi) is 4.20. The van der Waals surface area contributed by atoms with Crippen molar-refractivity contribution < 1.29 is 4.74 Å². The van der Waals surface area contributed by atoms with Gasteiger partial charge in [0.25, 0.3) is 0 Å². The molecule has 1 aromatic heterocycles. The Hall–Kier alpha value is -0.450. The summed E-state index contributed by atoms with van der Waals surface area (Å²) in [5.74, 6) is 0.751. The van der Waals surface area contributed by atoms with E-state index in [9.17, 15) is 0 Å². The molecule has 0 spiro atoms. The van der Waals surface area contributed by atoms with Crippen LogP contribution in [0.3, 0.4) is 0 Å². The second-order valence-electron chi connectivity index (χ2n) is 6.22. The summed E-state index contributed by atoms with van der Waals surface area (Å²) in [5.41, 5.74) is 1.25. The van der Waals surface area contributed by atoms with Crippen molar-refractivity contribution in [2.24, 2.45) is 5.92 Å². The molecule has 4 heteroatoms. The number of rotatable bonds is 4. The molecule has 2 unspecified atom stereocenters. The lowest BCUT2D eigenvalue weighted by molar-refractivity contribution is -0.0502. The maximum Gasteiger partial charge on any atom is 0.123 e. The molecule has 2 aliphatic heterocycles. The molecule has 0 aliphatic carbocycles. The fourth-order valence-electron chi connectivity index (χ4n) is 2.99. The van der Waals surface area contributed by atoms with E-state index in [1.807, 2.05) is 0 Å². The van der Waals surface area contributed by atoms with E-state index in [1.165, 1.54) is 36.5 Å². The molecule has 1 aromatic rings. The van der Waals surface area contributed by atoms with Crippen LogP contribution in [0.25, 0.3) is 0 Å². The summed E-state index contributed by atoms with van der Waals surface area (Å²) in [6, 6.07) is 0.677. The number of thiazole rings is 1. The molecule has 106 valence electrons. The predicted octanol–water partition coefficient (Wildman–Crippen LogP) is 3.27. The van der Waals surface area contributed by atoms with Crippen LogP contribution in [0.1, 0.15) is 49.9 Å². The van der Waals surface area contributed by atoms with Gasteiger partial charge in [-0.3, -0.25) is 4.90 Å². The number of ether oxygens (including phenoxy) is 1. The van der Waals surface area contributed by atoms with Gasteiger partial charge in [-0.15, -0.1) is 11.3 Å². The van der Waals surface area contributed by atoms with E-state index in [0.29, 0.717) is 6.04 Å². The van der Waals surface area contributed by atoms with Gasteiger partial charge in [0.15, 0.2) is 0 Å². The summed E-state index contributed by atoms with van der Waals surface area (Å²) >= 11 is 1.78. The van der Waals surface area contributed by atoms with Gasteiger partial charge in [-0.2, -0.15) is 0 Å². The molecule has 3 rings (SSSR count). The van der Waals surface area contributed by atoms with Gasteiger partial charge in [0, 0.05) is 18.0 Å². The smallest absolute Gasteiger partial charge is 0.123 e. The van der Waals surface area contributed by atoms with E-state index in [2.05, 4.69) is 24.1 Å². The van der Waals surface area contributed by atoms with Crippen molar-refractivity contribution in [3.8, 4) is 0 Å². The van der Waals surface area contributed by atoms with E-state index in [1.54, 1.807) is 11.3 Å². The normalized spacial score (nSPS) is 27.9. The average molecular weight is 280 g/mol. The molecule has 0 radical (unpaired) electrons. The minimum absolute atomic E-state index is 0.215. The summed E-state index contributed by atoms with van der Waals surface area (Å²) < 4.78 is 6.02. The Morgan fingerprint density at radius 3 is 3.26 bits per heavy atom. The lowest BCUT2D eigenvalue weighted by Crippen LogP contribution is -2.42. The monoisotopic (exact) mass is 280 g/mol. The standard InChI is InChI=1S/C15H24N2OS/c1-11(2)5-6-12-10-19-15(16-12)14-8-17-7-3-4-13(17)9-18-14/h10-11,13-14H,3-9H2,1-2H3. The van der Waals surface area contributed by atoms with Gasteiger partial charge in [0.1, 0.15) is 11.1 Å². The molecular formula is C15H24N2OS. The topological polar surface area (TPSA) is 25.4 Å². The minimum Gasteiger partial charge on any atom is -0.368 e. The number of hydrogen-bond donors (Lipinski definition) is 0. The van der Waals surface area contributed by atoms with Crippen molar-refractivity contribution >= 4 is 11.3 Å². The lowest BCUT2D eigenvalue weighted by atomic mass is 10.1. The molecule has 3 heterocycles. The summed E-state index contributed by atoms with van der Waals surface area (Å²) in [6.45, 7) is 7.72. The largest absolute Gasteiger partial charge is 0.368 e. The van der Waals surface area contributed by atoms with Crippen molar-refractivity contribution in [1.82, 2.24) is 9.88 Å². The molecule has 2 saturated heterocycles. The Bertz CT molecular complexity index is 418. The molecule has 0 saturated carbocycles. The molecule has 0 amide bonds. The highest BCUT2D eigenvalue weighted by Crippen LogP contribution is 2.31. The first-order valence-corrected chi connectivity index (χ1v) is 8.40. The minimum atomic E-state index is 0.215. The second kappa shape index (κ2) is 5.90. The molecular weight excluding hydrogens is 256 g/mol. The van der Waals surface area contributed by atoms with Gasteiger partial charge < -0.3 is 4.74 Å². The predicted molar refractivity (Wildman–Crippen MR) is 78.6 cm³/mol. The zero-order valence-electron chi connectivity index (χ0n) is 12.0. The van der Waals surface area contributed by atoms with Crippen molar-refractivity contribution in [3.05, 3.63) is 16.1 Å². The van der Waals surface area contributed by atoms with Gasteiger partial charge in [-0.05, 0) is 38.1 Å². The van der Waals surface area contributed by atoms with Crippen molar-refractivity contribution in [2.75, 3.05) is 19.7 Å². The van der Waals surface area contributed by atoms with E-state index in [-0.39, 0.29) is 6.10 Å². The third-order valence-electron chi connectivity index (χ3n) is 4.21. The van der Waals surface area contributed by atoms with Crippen LogP contribution in [-0.4, -0.2) is 35.6 Å². The Labute approximate surface area is 120 Å². The molecule has 2 aliphatic rings. The first kappa shape index (κ1) is 13.5. The number of hydrogen-bond acceptors (Lipinski definition) is 4. The fourth-order valence-corrected chi connectivity index (χ4v) is 3.88. The van der Waals surface area contributed by atoms with Gasteiger partial charge >= 0.3 is 0 Å². The van der Waals surface area contributed by atoms with Crippen LogP contribution >= 0.6 is 11.3 Å². The maximum absolute atomic E-state index is 6.02. The summed E-state index contributed by atoms with van der Waals surface area (Å²) in [5, 5.41) is 3.40. The summed E-state index contributed by atoms with van der Waals surface area (Å²) in [4.78, 5) is 7.37. The molecule has 19 heavy (non-hydrogen) atoms. The maximum atomic E-state index is 6.02. The molecule has 0 aromatic carbocycles. The first-order chi connectivity index (χ1) is 9.22. The van der Waals surface area contributed by atoms with E-state index in [4.69, 9.17) is 9.72 Å². The van der Waals surface area contributed by atoms with Crippen LogP contribution in [0.4, 0.5) is 0 Å². The number of aryl methyl sites for hydroxylation is 1. The number of nitrogens with zero attached hydrogens (tertiary/aromatic N) is 2. The highest BCUT2D eigenvalue weighted by molar-refractivity contribution is 7.09. The van der Waals surface area contributed by atoms with Crippen LogP contribution in [-0.2, 0) is 11.2 Å². The van der Waals surface area contributed by atoms with Crippen molar-refractivity contribution in [1.29, 1.82) is 0 Å². The zero-order chi connectivity index (χ0) is 13.2. The molecule has 3 nitrogen and oxygen atoms in total. The SMILES string of the molecule is CC(C)CCc1csc(C2CN3CCCC3CO2)n1. The van der Waals surface area contributed by atoms with Crippen LogP contribution in [0.15, 0.2) is 5.38 Å². The van der Waals surface area contributed by atoms with Gasteiger partial charge in [-0.1, -0.05) is 13.8 Å². The fraction of sp³-hybridized carbons (Fsp3) is 0.800. The van der Waals surface area contributed by atoms with Crippen LogP contribution < -0.4 is 0 Å². The van der Waals surface area contributed by atoms with Crippen LogP contribution in [0.2, 0.25) is 0 Å². The quantitative estimate of drug-likeness (QED) is 0.846. The van der Waals surface area contributed by atoms with Crippen molar-refractivity contribution in [3.63, 3.8) is 0 Å². The van der Waals surface area contributed by atoms with Gasteiger partial charge in [0.05, 0.1) is 12.3 Å². The van der Waals surface area contributed by atoms with Gasteiger partial charge in [0.2, 0.25) is 0 Å². The molecule has 2 atom stereocenters. The highest BCUT2D eigenvalue weighted by Gasteiger charge is 2.33. The number of aromatic nitrogens is 1. The van der Waals surface area contributed by atoms with E-state index in [0.717, 1.165) is 25.5 Å². The first-order valence-electron chi connectivity index (χ1n) is 7.52. The van der Waals surface area contributed by atoms with Crippen molar-refractivity contribution in [2.45, 2.75) is 51.7 Å². The Morgan fingerprint density at radius 1 is 1.53 bits per heavy atom. The summed E-state index contributed by atoms with van der Waals surface area (Å²) in [6.07, 6.45) is 5.19. The van der Waals surface area contributed by atoms with Crippen LogP contribution in [0.5, 0.6) is 0 Å². The number of fused-ring (bicyclic) bond motifs is 1. The lowest BCUT2D eigenvalue weighted by Gasteiger charge is -2.34. The van der Waals surface area contributed by atoms with Gasteiger partial charge in [-0.25, -0.2) is 4.98 Å². The average Bonchev–Trinajstić information content (AvgIpc) is 3.04. The second-order valence-corrected chi connectivity index (χ2v) is 7.11. The Morgan fingerprint density at radius 2 is 2.42 bits per heavy atom. The summed E-state index contributed by atoms with van der Waals surface area (Å²) in [7, 11) is 0. The zero-order valence-corrected chi connectivity index (χ0v) is 12.8. The van der Waals surface area contributed by atoms with E-state index < -0.39 is 0 Å². The Balaban J connectivity index is 1.59. The molecule has 2 fully saturated rings. The third-order valence-corrected chi connectivity index (χ3v) is 5.20.